The Bertz CT molecular complexity index is 662. The molecule has 1 aromatic carbocycles. The summed E-state index contributed by atoms with van der Waals surface area (Å²) >= 11 is 0. The highest BCUT2D eigenvalue weighted by molar-refractivity contribution is 5.81. The third-order valence-electron chi connectivity index (χ3n) is 6.10. The van der Waals surface area contributed by atoms with Crippen LogP contribution in [0.2, 0.25) is 0 Å². The number of aryl methyl sites for hydroxylation is 1. The van der Waals surface area contributed by atoms with Crippen molar-refractivity contribution in [3.05, 3.63) is 35.9 Å². The molecule has 28 heavy (non-hydrogen) atoms. The number of nitrogens with one attached hydrogen (secondary N) is 1. The summed E-state index contributed by atoms with van der Waals surface area (Å²) in [6, 6.07) is 9.95. The number of nitrogens with zero attached hydrogens (tertiary/aromatic N) is 1. The summed E-state index contributed by atoms with van der Waals surface area (Å²) in [6.07, 6.45) is 3.42. The average Bonchev–Trinajstić information content (AvgIpc) is 2.73. The van der Waals surface area contributed by atoms with Crippen LogP contribution >= 0.6 is 0 Å². The molecule has 0 spiro atoms. The summed E-state index contributed by atoms with van der Waals surface area (Å²) in [5.74, 6) is -0.983. The van der Waals surface area contributed by atoms with Crippen LogP contribution in [0.4, 0.5) is 0 Å². The number of rotatable bonds is 9. The monoisotopic (exact) mass is 388 g/mol. The minimum Gasteiger partial charge on any atom is -0.481 e. The molecule has 2 N–H and O–H groups in total. The van der Waals surface area contributed by atoms with E-state index >= 15 is 0 Å². The van der Waals surface area contributed by atoms with Gasteiger partial charge in [0.2, 0.25) is 11.8 Å². The van der Waals surface area contributed by atoms with Crippen LogP contribution < -0.4 is 5.32 Å². The van der Waals surface area contributed by atoms with Gasteiger partial charge in [0.15, 0.2) is 0 Å². The van der Waals surface area contributed by atoms with E-state index in [0.29, 0.717) is 45.2 Å². The zero-order chi connectivity index (χ0) is 20.6. The summed E-state index contributed by atoms with van der Waals surface area (Å²) in [4.78, 5) is 38.3. The number of likely N-dealkylation sites (tertiary alicyclic amines) is 1. The van der Waals surface area contributed by atoms with Crippen molar-refractivity contribution in [2.75, 3.05) is 19.6 Å². The van der Waals surface area contributed by atoms with Crippen LogP contribution in [0.5, 0.6) is 0 Å². The fourth-order valence-corrected chi connectivity index (χ4v) is 3.72. The largest absolute Gasteiger partial charge is 0.481 e. The summed E-state index contributed by atoms with van der Waals surface area (Å²) < 4.78 is 0. The molecule has 1 heterocycles. The smallest absolute Gasteiger partial charge is 0.311 e. The fourth-order valence-electron chi connectivity index (χ4n) is 3.72. The molecule has 0 radical (unpaired) electrons. The summed E-state index contributed by atoms with van der Waals surface area (Å²) in [7, 11) is 0. The van der Waals surface area contributed by atoms with Crippen molar-refractivity contribution in [1.29, 1.82) is 0 Å². The van der Waals surface area contributed by atoms with Crippen LogP contribution in [0.3, 0.4) is 0 Å². The van der Waals surface area contributed by atoms with Gasteiger partial charge in [-0.15, -0.1) is 0 Å². The van der Waals surface area contributed by atoms with Crippen LogP contribution in [0.1, 0.15) is 51.5 Å². The lowest BCUT2D eigenvalue weighted by atomic mass is 9.82. The maximum atomic E-state index is 12.5. The van der Waals surface area contributed by atoms with Crippen LogP contribution in [-0.2, 0) is 20.8 Å². The second kappa shape index (κ2) is 10.2. The Labute approximate surface area is 167 Å². The molecule has 2 amide bonds. The van der Waals surface area contributed by atoms with Crippen LogP contribution in [0.15, 0.2) is 30.3 Å². The molecule has 1 aromatic rings. The average molecular weight is 389 g/mol. The summed E-state index contributed by atoms with van der Waals surface area (Å²) in [5, 5.41) is 12.3. The van der Waals surface area contributed by atoms with Crippen molar-refractivity contribution in [1.82, 2.24) is 10.2 Å². The number of carbonyl (C=O) groups is 3. The predicted octanol–water partition coefficient (Wildman–Crippen LogP) is 2.87. The van der Waals surface area contributed by atoms with E-state index in [-0.39, 0.29) is 24.3 Å². The molecular weight excluding hydrogens is 356 g/mol. The maximum absolute atomic E-state index is 12.5. The lowest BCUT2D eigenvalue weighted by molar-refractivity contribution is -0.149. The number of benzene rings is 1. The molecule has 0 aliphatic carbocycles. The highest BCUT2D eigenvalue weighted by Crippen LogP contribution is 2.26. The second-order valence-corrected chi connectivity index (χ2v) is 7.65. The minimum absolute atomic E-state index is 0.0936. The number of aliphatic carboxylic acids is 1. The zero-order valence-corrected chi connectivity index (χ0v) is 16.9. The highest BCUT2D eigenvalue weighted by atomic mass is 16.4. The molecule has 1 aliphatic heterocycles. The minimum atomic E-state index is -0.899. The molecular formula is C22H32N2O4. The van der Waals surface area contributed by atoms with E-state index in [2.05, 4.69) is 5.32 Å². The molecule has 0 aromatic heterocycles. The summed E-state index contributed by atoms with van der Waals surface area (Å²) in [5.41, 5.74) is 0.253. The quantitative estimate of drug-likeness (QED) is 0.681. The standard InChI is InChI=1S/C22H32N2O4/c1-3-22(4-2,21(27)28)16-23-20(26)18-12-14-24(15-13-18)19(25)11-10-17-8-6-5-7-9-17/h5-9,18H,3-4,10-16H2,1-2H3,(H,23,26)(H,27,28). The van der Waals surface area contributed by atoms with Gasteiger partial charge in [0, 0.05) is 32.0 Å². The summed E-state index contributed by atoms with van der Waals surface area (Å²) in [6.45, 7) is 4.99. The Morgan fingerprint density at radius 1 is 1.11 bits per heavy atom. The molecule has 0 saturated carbocycles. The number of carbonyl (C=O) groups excluding carboxylic acids is 2. The van der Waals surface area contributed by atoms with Gasteiger partial charge < -0.3 is 15.3 Å². The SMILES string of the molecule is CCC(CC)(CNC(=O)C1CCN(C(=O)CCc2ccccc2)CC1)C(=O)O. The van der Waals surface area contributed by atoms with Gasteiger partial charge in [-0.05, 0) is 37.7 Å². The van der Waals surface area contributed by atoms with Crippen molar-refractivity contribution in [3.8, 4) is 0 Å². The van der Waals surface area contributed by atoms with Gasteiger partial charge in [0.25, 0.3) is 0 Å². The Morgan fingerprint density at radius 2 is 1.71 bits per heavy atom. The van der Waals surface area contributed by atoms with Crippen LogP contribution in [0, 0.1) is 11.3 Å². The first-order chi connectivity index (χ1) is 13.4. The first kappa shape index (κ1) is 21.9. The van der Waals surface area contributed by atoms with Crippen molar-refractivity contribution in [3.63, 3.8) is 0 Å². The van der Waals surface area contributed by atoms with Gasteiger partial charge in [-0.1, -0.05) is 44.2 Å². The van der Waals surface area contributed by atoms with E-state index in [1.165, 1.54) is 0 Å². The van der Waals surface area contributed by atoms with Gasteiger partial charge >= 0.3 is 5.97 Å². The van der Waals surface area contributed by atoms with Crippen molar-refractivity contribution >= 4 is 17.8 Å². The van der Waals surface area contributed by atoms with Crippen molar-refractivity contribution < 1.29 is 19.5 Å². The topological polar surface area (TPSA) is 86.7 Å². The third-order valence-corrected chi connectivity index (χ3v) is 6.10. The van der Waals surface area contributed by atoms with Gasteiger partial charge in [0.05, 0.1) is 5.41 Å². The Balaban J connectivity index is 1.77. The van der Waals surface area contributed by atoms with Crippen molar-refractivity contribution in [2.24, 2.45) is 11.3 Å². The first-order valence-electron chi connectivity index (χ1n) is 10.2. The number of hydrogen-bond donors (Lipinski definition) is 2. The molecule has 1 aliphatic rings. The Hall–Kier alpha value is -2.37. The maximum Gasteiger partial charge on any atom is 0.311 e. The fraction of sp³-hybridized carbons (Fsp3) is 0.591. The Morgan fingerprint density at radius 3 is 2.25 bits per heavy atom. The third kappa shape index (κ3) is 5.57. The number of piperidine rings is 1. The van der Waals surface area contributed by atoms with Gasteiger partial charge in [0.1, 0.15) is 0 Å². The molecule has 0 bridgehead atoms. The van der Waals surface area contributed by atoms with E-state index < -0.39 is 11.4 Å². The molecule has 1 saturated heterocycles. The van der Waals surface area contributed by atoms with E-state index in [1.807, 2.05) is 49.1 Å². The molecule has 6 nitrogen and oxygen atoms in total. The van der Waals surface area contributed by atoms with E-state index in [1.54, 1.807) is 0 Å². The van der Waals surface area contributed by atoms with Crippen LogP contribution in [0.25, 0.3) is 0 Å². The molecule has 154 valence electrons. The highest BCUT2D eigenvalue weighted by Gasteiger charge is 2.36. The van der Waals surface area contributed by atoms with Gasteiger partial charge in [-0.25, -0.2) is 0 Å². The lowest BCUT2D eigenvalue weighted by Crippen LogP contribution is -2.47. The predicted molar refractivity (Wildman–Crippen MR) is 108 cm³/mol. The second-order valence-electron chi connectivity index (χ2n) is 7.65. The zero-order valence-electron chi connectivity index (χ0n) is 16.9. The Kier molecular flexibility index (Phi) is 8.03. The molecule has 1 fully saturated rings. The van der Waals surface area contributed by atoms with E-state index in [4.69, 9.17) is 0 Å². The van der Waals surface area contributed by atoms with E-state index in [9.17, 15) is 19.5 Å². The molecule has 6 heteroatoms. The van der Waals surface area contributed by atoms with Crippen LogP contribution in [-0.4, -0.2) is 47.4 Å². The number of carboxylic acid groups (broad SMARTS) is 1. The number of hydrogen-bond acceptors (Lipinski definition) is 3. The molecule has 2 rings (SSSR count). The van der Waals surface area contributed by atoms with Gasteiger partial charge in [-0.3, -0.25) is 14.4 Å². The molecule has 0 atom stereocenters. The van der Waals surface area contributed by atoms with E-state index in [0.717, 1.165) is 12.0 Å². The first-order valence-corrected chi connectivity index (χ1v) is 10.2. The van der Waals surface area contributed by atoms with Gasteiger partial charge in [-0.2, -0.15) is 0 Å². The number of amides is 2. The normalized spacial score (nSPS) is 15.3. The molecule has 0 unspecified atom stereocenters. The van der Waals surface area contributed by atoms with Crippen molar-refractivity contribution in [2.45, 2.75) is 52.4 Å². The lowest BCUT2D eigenvalue weighted by Gasteiger charge is -2.33. The number of carboxylic acids is 1.